The SMILES string of the molecule is CCNC(=NCCCc1nc(C)cs1)N(C)Cc1cccn1C. The number of aliphatic imine (C=N–C) groups is 1. The van der Waals surface area contributed by atoms with Crippen molar-refractivity contribution in [3.8, 4) is 0 Å². The van der Waals surface area contributed by atoms with E-state index in [0.717, 1.165) is 44.1 Å². The highest BCUT2D eigenvalue weighted by Crippen LogP contribution is 2.11. The summed E-state index contributed by atoms with van der Waals surface area (Å²) >= 11 is 1.74. The van der Waals surface area contributed by atoms with Crippen LogP contribution in [0.4, 0.5) is 0 Å². The summed E-state index contributed by atoms with van der Waals surface area (Å²) in [6, 6.07) is 4.22. The highest BCUT2D eigenvalue weighted by molar-refractivity contribution is 7.09. The second-order valence-corrected chi connectivity index (χ2v) is 6.63. The van der Waals surface area contributed by atoms with E-state index in [9.17, 15) is 0 Å². The number of nitrogens with one attached hydrogen (secondary N) is 1. The zero-order chi connectivity index (χ0) is 16.7. The fraction of sp³-hybridized carbons (Fsp3) is 0.529. The summed E-state index contributed by atoms with van der Waals surface area (Å²) in [4.78, 5) is 11.4. The van der Waals surface area contributed by atoms with E-state index in [0.29, 0.717) is 0 Å². The summed E-state index contributed by atoms with van der Waals surface area (Å²) in [7, 11) is 4.15. The van der Waals surface area contributed by atoms with Crippen molar-refractivity contribution in [2.45, 2.75) is 33.2 Å². The second kappa shape index (κ2) is 8.72. The molecule has 0 saturated carbocycles. The molecule has 0 aromatic carbocycles. The van der Waals surface area contributed by atoms with Gasteiger partial charge in [-0.2, -0.15) is 0 Å². The largest absolute Gasteiger partial charge is 0.357 e. The second-order valence-electron chi connectivity index (χ2n) is 5.69. The van der Waals surface area contributed by atoms with E-state index in [1.165, 1.54) is 10.7 Å². The Morgan fingerprint density at radius 1 is 1.48 bits per heavy atom. The summed E-state index contributed by atoms with van der Waals surface area (Å²) in [6.07, 6.45) is 4.10. The highest BCUT2D eigenvalue weighted by atomic mass is 32.1. The molecule has 0 spiro atoms. The van der Waals surface area contributed by atoms with Gasteiger partial charge in [-0.3, -0.25) is 4.99 Å². The summed E-state index contributed by atoms with van der Waals surface area (Å²) in [5.41, 5.74) is 2.39. The van der Waals surface area contributed by atoms with Crippen molar-refractivity contribution in [3.63, 3.8) is 0 Å². The Kier molecular flexibility index (Phi) is 6.65. The van der Waals surface area contributed by atoms with Gasteiger partial charge in [-0.15, -0.1) is 11.3 Å². The van der Waals surface area contributed by atoms with Crippen LogP contribution in [-0.2, 0) is 20.0 Å². The van der Waals surface area contributed by atoms with Crippen LogP contribution in [0.2, 0.25) is 0 Å². The summed E-state index contributed by atoms with van der Waals surface area (Å²) in [5, 5.41) is 6.69. The van der Waals surface area contributed by atoms with Gasteiger partial charge in [0.25, 0.3) is 0 Å². The van der Waals surface area contributed by atoms with Crippen molar-refractivity contribution in [2.24, 2.45) is 12.0 Å². The normalized spacial score (nSPS) is 11.7. The molecular formula is C17H27N5S. The third-order valence-electron chi connectivity index (χ3n) is 3.62. The quantitative estimate of drug-likeness (QED) is 0.481. The van der Waals surface area contributed by atoms with Crippen molar-refractivity contribution in [3.05, 3.63) is 40.1 Å². The van der Waals surface area contributed by atoms with Crippen LogP contribution in [0.5, 0.6) is 0 Å². The molecule has 6 heteroatoms. The first-order valence-electron chi connectivity index (χ1n) is 8.10. The summed E-state index contributed by atoms with van der Waals surface area (Å²) in [5.74, 6) is 0.962. The molecule has 2 aromatic rings. The number of nitrogens with zero attached hydrogens (tertiary/aromatic N) is 4. The monoisotopic (exact) mass is 333 g/mol. The van der Waals surface area contributed by atoms with Gasteiger partial charge in [-0.25, -0.2) is 4.98 Å². The fourth-order valence-corrected chi connectivity index (χ4v) is 3.20. The van der Waals surface area contributed by atoms with Gasteiger partial charge in [-0.05, 0) is 32.4 Å². The molecule has 2 aromatic heterocycles. The van der Waals surface area contributed by atoms with Gasteiger partial charge in [0.1, 0.15) is 0 Å². The molecule has 2 rings (SSSR count). The Morgan fingerprint density at radius 2 is 2.30 bits per heavy atom. The molecule has 0 amide bonds. The van der Waals surface area contributed by atoms with E-state index in [1.54, 1.807) is 11.3 Å². The van der Waals surface area contributed by atoms with Crippen molar-refractivity contribution in [1.82, 2.24) is 19.8 Å². The lowest BCUT2D eigenvalue weighted by Gasteiger charge is -2.22. The van der Waals surface area contributed by atoms with E-state index in [2.05, 4.69) is 64.5 Å². The minimum atomic E-state index is 0.818. The molecule has 0 aliphatic carbocycles. The maximum Gasteiger partial charge on any atom is 0.194 e. The molecule has 0 aliphatic rings. The predicted molar refractivity (Wildman–Crippen MR) is 98.0 cm³/mol. The molecule has 23 heavy (non-hydrogen) atoms. The number of hydrogen-bond acceptors (Lipinski definition) is 3. The van der Waals surface area contributed by atoms with Crippen LogP contribution in [0.1, 0.15) is 29.7 Å². The molecule has 2 heterocycles. The van der Waals surface area contributed by atoms with Crippen LogP contribution in [-0.4, -0.2) is 40.5 Å². The maximum atomic E-state index is 4.74. The molecule has 0 aliphatic heterocycles. The van der Waals surface area contributed by atoms with Crippen molar-refractivity contribution in [1.29, 1.82) is 0 Å². The molecule has 0 atom stereocenters. The molecule has 0 unspecified atom stereocenters. The Balaban J connectivity index is 1.87. The zero-order valence-electron chi connectivity index (χ0n) is 14.5. The van der Waals surface area contributed by atoms with Crippen LogP contribution in [0, 0.1) is 6.92 Å². The van der Waals surface area contributed by atoms with E-state index in [-0.39, 0.29) is 0 Å². The number of thiazole rings is 1. The smallest absolute Gasteiger partial charge is 0.194 e. The average molecular weight is 334 g/mol. The van der Waals surface area contributed by atoms with Crippen molar-refractivity contribution in [2.75, 3.05) is 20.1 Å². The number of rotatable bonds is 7. The molecule has 1 N–H and O–H groups in total. The van der Waals surface area contributed by atoms with Gasteiger partial charge in [0.05, 0.1) is 11.6 Å². The minimum absolute atomic E-state index is 0.818. The topological polar surface area (TPSA) is 45.5 Å². The first-order chi connectivity index (χ1) is 11.1. The van der Waals surface area contributed by atoms with Gasteiger partial charge >= 0.3 is 0 Å². The zero-order valence-corrected chi connectivity index (χ0v) is 15.4. The van der Waals surface area contributed by atoms with E-state index >= 15 is 0 Å². The summed E-state index contributed by atoms with van der Waals surface area (Å²) in [6.45, 7) is 6.69. The lowest BCUT2D eigenvalue weighted by atomic mass is 10.3. The number of guanidine groups is 1. The van der Waals surface area contributed by atoms with Crippen LogP contribution < -0.4 is 5.32 Å². The Hall–Kier alpha value is -1.82. The standard InChI is InChI=1S/C17H27N5S/c1-5-18-17(22(4)12-15-8-7-11-21(15)3)19-10-6-9-16-20-14(2)13-23-16/h7-8,11,13H,5-6,9-10,12H2,1-4H3,(H,18,19). The number of aryl methyl sites for hydroxylation is 3. The van der Waals surface area contributed by atoms with E-state index in [4.69, 9.17) is 4.99 Å². The van der Waals surface area contributed by atoms with Crippen LogP contribution >= 0.6 is 11.3 Å². The fourth-order valence-electron chi connectivity index (χ4n) is 2.38. The van der Waals surface area contributed by atoms with E-state index < -0.39 is 0 Å². The van der Waals surface area contributed by atoms with Gasteiger partial charge in [0.15, 0.2) is 5.96 Å². The van der Waals surface area contributed by atoms with Crippen LogP contribution in [0.25, 0.3) is 0 Å². The number of hydrogen-bond donors (Lipinski definition) is 1. The van der Waals surface area contributed by atoms with E-state index in [1.807, 2.05) is 6.92 Å². The third kappa shape index (κ3) is 5.39. The first-order valence-corrected chi connectivity index (χ1v) is 8.98. The van der Waals surface area contributed by atoms with Crippen LogP contribution in [0.15, 0.2) is 28.7 Å². The Bertz CT molecular complexity index is 628. The van der Waals surface area contributed by atoms with Gasteiger partial charge in [0, 0.05) is 56.6 Å². The molecule has 0 saturated heterocycles. The molecule has 0 fully saturated rings. The molecular weight excluding hydrogens is 306 g/mol. The third-order valence-corrected chi connectivity index (χ3v) is 4.65. The number of aromatic nitrogens is 2. The molecule has 0 bridgehead atoms. The first kappa shape index (κ1) is 17.5. The van der Waals surface area contributed by atoms with Gasteiger partial charge in [0.2, 0.25) is 0 Å². The minimum Gasteiger partial charge on any atom is -0.357 e. The lowest BCUT2D eigenvalue weighted by Crippen LogP contribution is -2.38. The van der Waals surface area contributed by atoms with Crippen molar-refractivity contribution < 1.29 is 0 Å². The highest BCUT2D eigenvalue weighted by Gasteiger charge is 2.08. The molecule has 0 radical (unpaired) electrons. The Labute approximate surface area is 143 Å². The Morgan fingerprint density at radius 3 is 2.91 bits per heavy atom. The summed E-state index contributed by atoms with van der Waals surface area (Å²) < 4.78 is 2.14. The van der Waals surface area contributed by atoms with Crippen molar-refractivity contribution >= 4 is 17.3 Å². The van der Waals surface area contributed by atoms with Gasteiger partial charge < -0.3 is 14.8 Å². The predicted octanol–water partition coefficient (Wildman–Crippen LogP) is 2.82. The van der Waals surface area contributed by atoms with Crippen LogP contribution in [0.3, 0.4) is 0 Å². The maximum absolute atomic E-state index is 4.74. The molecule has 126 valence electrons. The molecule has 5 nitrogen and oxygen atoms in total. The average Bonchev–Trinajstić information content (AvgIpc) is 3.11. The van der Waals surface area contributed by atoms with Gasteiger partial charge in [-0.1, -0.05) is 0 Å². The lowest BCUT2D eigenvalue weighted by molar-refractivity contribution is 0.461.